The molecule has 2 aromatic carbocycles. The van der Waals surface area contributed by atoms with Crippen molar-refractivity contribution in [3.8, 4) is 0 Å². The second-order valence-electron chi connectivity index (χ2n) is 9.05. The average molecular weight is 534 g/mol. The quantitative estimate of drug-likeness (QED) is 0.423. The number of benzene rings is 2. The summed E-state index contributed by atoms with van der Waals surface area (Å²) in [6.45, 7) is -0.647. The van der Waals surface area contributed by atoms with Gasteiger partial charge in [0.05, 0.1) is 27.4 Å². The Morgan fingerprint density at radius 2 is 1.69 bits per heavy atom. The molecule has 35 heavy (non-hydrogen) atoms. The van der Waals surface area contributed by atoms with Gasteiger partial charge in [-0.05, 0) is 55.7 Å². The molecular weight excluding hydrogens is 511 g/mol. The first-order chi connectivity index (χ1) is 16.4. The molecule has 1 amide bonds. The summed E-state index contributed by atoms with van der Waals surface area (Å²) in [7, 11) is -4.09. The highest BCUT2D eigenvalue weighted by molar-refractivity contribution is 7.92. The van der Waals surface area contributed by atoms with E-state index in [9.17, 15) is 41.7 Å². The highest BCUT2D eigenvalue weighted by atomic mass is 35.5. The lowest BCUT2D eigenvalue weighted by Gasteiger charge is -2.44. The van der Waals surface area contributed by atoms with E-state index in [4.69, 9.17) is 11.6 Å². The van der Waals surface area contributed by atoms with Gasteiger partial charge in [0.1, 0.15) is 6.10 Å². The Morgan fingerprint density at radius 3 is 2.23 bits per heavy atom. The van der Waals surface area contributed by atoms with Crippen molar-refractivity contribution in [3.63, 3.8) is 0 Å². The van der Waals surface area contributed by atoms with Crippen LogP contribution in [-0.4, -0.2) is 53.2 Å². The second kappa shape index (κ2) is 9.36. The van der Waals surface area contributed by atoms with Crippen LogP contribution in [0.2, 0.25) is 5.02 Å². The Labute approximate surface area is 204 Å². The third-order valence-electron chi connectivity index (χ3n) is 7.15. The number of rotatable bonds is 6. The molecule has 0 aromatic heterocycles. The standard InChI is InChI=1S/C23H23ClF3NO6S/c24-16-4-1-11(22(31)28-14-8-17(25)21(27)18(26)9-14)5-19(16)35(33,34)15-6-12-2-3-13(7-15)23(12,32)20(30)10-29/h1,4-5,8-9,12-13,15,20,29-30,32H,2-3,6-7,10H2,(H,28,31)/t12?,13?,15-,20?,23+. The van der Waals surface area contributed by atoms with E-state index in [-0.39, 0.29) is 34.0 Å². The zero-order valence-electron chi connectivity index (χ0n) is 18.2. The third-order valence-corrected chi connectivity index (χ3v) is 9.81. The molecule has 190 valence electrons. The molecule has 3 atom stereocenters. The highest BCUT2D eigenvalue weighted by Gasteiger charge is 2.58. The molecule has 12 heteroatoms. The normalized spacial score (nSPS) is 27.0. The molecule has 2 fully saturated rings. The fourth-order valence-corrected chi connectivity index (χ4v) is 7.76. The highest BCUT2D eigenvalue weighted by Crippen LogP contribution is 2.53. The number of fused-ring (bicyclic) bond motifs is 2. The van der Waals surface area contributed by atoms with Crippen LogP contribution in [0.15, 0.2) is 35.2 Å². The number of hydrogen-bond donors (Lipinski definition) is 4. The molecule has 3 unspecified atom stereocenters. The van der Waals surface area contributed by atoms with Crippen molar-refractivity contribution >= 4 is 33.0 Å². The monoisotopic (exact) mass is 533 g/mol. The summed E-state index contributed by atoms with van der Waals surface area (Å²) in [6.07, 6.45) is -0.336. The van der Waals surface area contributed by atoms with E-state index in [0.717, 1.165) is 6.07 Å². The minimum Gasteiger partial charge on any atom is -0.394 e. The summed E-state index contributed by atoms with van der Waals surface area (Å²) in [4.78, 5) is 12.3. The zero-order valence-corrected chi connectivity index (χ0v) is 19.8. The first-order valence-electron chi connectivity index (χ1n) is 10.9. The van der Waals surface area contributed by atoms with Crippen LogP contribution in [0.5, 0.6) is 0 Å². The number of carbonyl (C=O) groups is 1. The molecule has 0 aliphatic heterocycles. The summed E-state index contributed by atoms with van der Waals surface area (Å²) in [6, 6.07) is 4.66. The van der Waals surface area contributed by atoms with Crippen LogP contribution in [0.4, 0.5) is 18.9 Å². The Balaban J connectivity index is 1.60. The van der Waals surface area contributed by atoms with Gasteiger partial charge in [-0.1, -0.05) is 11.6 Å². The number of aliphatic hydroxyl groups excluding tert-OH is 2. The van der Waals surface area contributed by atoms with E-state index in [1.165, 1.54) is 12.1 Å². The summed E-state index contributed by atoms with van der Waals surface area (Å²) < 4.78 is 67.1. The molecule has 0 saturated heterocycles. The van der Waals surface area contributed by atoms with Gasteiger partial charge in [0.15, 0.2) is 27.3 Å². The first kappa shape index (κ1) is 25.9. The van der Waals surface area contributed by atoms with Crippen LogP contribution < -0.4 is 5.32 Å². The summed E-state index contributed by atoms with van der Waals surface area (Å²) in [5.74, 6) is -6.68. The fraction of sp³-hybridized carbons (Fsp3) is 0.435. The van der Waals surface area contributed by atoms with Crippen LogP contribution in [0.3, 0.4) is 0 Å². The van der Waals surface area contributed by atoms with Crippen LogP contribution in [0.25, 0.3) is 0 Å². The van der Waals surface area contributed by atoms with E-state index >= 15 is 0 Å². The predicted octanol–water partition coefficient (Wildman–Crippen LogP) is 3.06. The molecule has 0 heterocycles. The Morgan fingerprint density at radius 1 is 1.11 bits per heavy atom. The van der Waals surface area contributed by atoms with Gasteiger partial charge in [0.25, 0.3) is 5.91 Å². The van der Waals surface area contributed by atoms with E-state index < -0.39 is 68.6 Å². The molecule has 2 saturated carbocycles. The lowest BCUT2D eigenvalue weighted by atomic mass is 9.71. The topological polar surface area (TPSA) is 124 Å². The minimum absolute atomic E-state index is 0.0350. The van der Waals surface area contributed by atoms with Crippen molar-refractivity contribution < 1.29 is 41.7 Å². The summed E-state index contributed by atoms with van der Waals surface area (Å²) in [5, 5.41) is 31.6. The van der Waals surface area contributed by atoms with Crippen molar-refractivity contribution in [2.24, 2.45) is 11.8 Å². The third kappa shape index (κ3) is 4.44. The van der Waals surface area contributed by atoms with Gasteiger partial charge in [-0.3, -0.25) is 4.79 Å². The maximum Gasteiger partial charge on any atom is 0.255 e. The molecular formula is C23H23ClF3NO6S. The number of halogens is 4. The van der Waals surface area contributed by atoms with Crippen LogP contribution in [0.1, 0.15) is 36.0 Å². The first-order valence-corrected chi connectivity index (χ1v) is 12.8. The number of amides is 1. The van der Waals surface area contributed by atoms with Gasteiger partial charge in [-0.2, -0.15) is 0 Å². The Hall–Kier alpha value is -2.18. The molecule has 4 rings (SSSR count). The van der Waals surface area contributed by atoms with E-state index in [2.05, 4.69) is 5.32 Å². The van der Waals surface area contributed by atoms with E-state index in [1.807, 2.05) is 0 Å². The van der Waals surface area contributed by atoms with Crippen molar-refractivity contribution in [3.05, 3.63) is 58.4 Å². The van der Waals surface area contributed by atoms with Crippen molar-refractivity contribution in [2.45, 2.75) is 47.5 Å². The fourth-order valence-electron chi connectivity index (χ4n) is 5.36. The maximum absolute atomic E-state index is 13.5. The van der Waals surface area contributed by atoms with Gasteiger partial charge in [0, 0.05) is 23.4 Å². The smallest absolute Gasteiger partial charge is 0.255 e. The lowest BCUT2D eigenvalue weighted by molar-refractivity contribution is -0.154. The number of anilines is 1. The zero-order chi connectivity index (χ0) is 25.7. The number of aliphatic hydroxyl groups is 3. The van der Waals surface area contributed by atoms with Gasteiger partial charge in [-0.15, -0.1) is 0 Å². The number of hydrogen-bond acceptors (Lipinski definition) is 6. The number of nitrogens with one attached hydrogen (secondary N) is 1. The Kier molecular flexibility index (Phi) is 6.93. The average Bonchev–Trinajstić information content (AvgIpc) is 2.98. The number of carbonyl (C=O) groups excluding carboxylic acids is 1. The molecule has 2 aliphatic carbocycles. The van der Waals surface area contributed by atoms with E-state index in [0.29, 0.717) is 25.0 Å². The lowest BCUT2D eigenvalue weighted by Crippen LogP contribution is -2.56. The van der Waals surface area contributed by atoms with Crippen molar-refractivity contribution in [2.75, 3.05) is 11.9 Å². The molecule has 7 nitrogen and oxygen atoms in total. The summed E-state index contributed by atoms with van der Waals surface area (Å²) in [5.41, 5.74) is -2.10. The van der Waals surface area contributed by atoms with Gasteiger partial charge >= 0.3 is 0 Å². The molecule has 2 aromatic rings. The van der Waals surface area contributed by atoms with Crippen LogP contribution in [0, 0.1) is 29.3 Å². The predicted molar refractivity (Wildman–Crippen MR) is 120 cm³/mol. The number of sulfone groups is 1. The minimum atomic E-state index is -4.09. The van der Waals surface area contributed by atoms with Crippen LogP contribution >= 0.6 is 11.6 Å². The molecule has 2 bridgehead atoms. The molecule has 4 N–H and O–H groups in total. The van der Waals surface area contributed by atoms with Crippen molar-refractivity contribution in [1.29, 1.82) is 0 Å². The molecule has 0 spiro atoms. The van der Waals surface area contributed by atoms with Gasteiger partial charge in [-0.25, -0.2) is 21.6 Å². The second-order valence-corrected chi connectivity index (χ2v) is 11.7. The molecule has 0 radical (unpaired) electrons. The van der Waals surface area contributed by atoms with Gasteiger partial charge < -0.3 is 20.6 Å². The maximum atomic E-state index is 13.5. The largest absolute Gasteiger partial charge is 0.394 e. The Bertz CT molecular complexity index is 1240. The summed E-state index contributed by atoms with van der Waals surface area (Å²) >= 11 is 6.17. The molecule has 2 aliphatic rings. The van der Waals surface area contributed by atoms with Crippen molar-refractivity contribution in [1.82, 2.24) is 0 Å². The van der Waals surface area contributed by atoms with Gasteiger partial charge in [0.2, 0.25) is 0 Å². The van der Waals surface area contributed by atoms with Crippen LogP contribution in [-0.2, 0) is 9.84 Å². The SMILES string of the molecule is O=C(Nc1cc(F)c(F)c(F)c1)c1ccc(Cl)c(S(=O)(=O)[C@H]2CC3CCC(C2)[C@@]3(O)C(O)CO)c1. The van der Waals surface area contributed by atoms with E-state index in [1.54, 1.807) is 0 Å².